The third kappa shape index (κ3) is 6.50. The van der Waals surface area contributed by atoms with Crippen LogP contribution in [0.15, 0.2) is 54.7 Å². The van der Waals surface area contributed by atoms with E-state index in [0.29, 0.717) is 17.5 Å². The lowest BCUT2D eigenvalue weighted by atomic mass is 10.0. The quantitative estimate of drug-likeness (QED) is 0.428. The van der Waals surface area contributed by atoms with Gasteiger partial charge < -0.3 is 25.0 Å². The fraction of sp³-hybridized carbons (Fsp3) is 0.333. The Bertz CT molecular complexity index is 1190. The van der Waals surface area contributed by atoms with E-state index in [0.717, 1.165) is 35.3 Å². The molecule has 1 atom stereocenters. The normalized spacial score (nSPS) is 11.5. The summed E-state index contributed by atoms with van der Waals surface area (Å²) in [4.78, 5) is 36.7. The maximum atomic E-state index is 12.3. The topological polar surface area (TPSA) is 108 Å². The lowest BCUT2D eigenvalue weighted by Gasteiger charge is -2.23. The third-order valence-electron chi connectivity index (χ3n) is 5.80. The molecule has 0 bridgehead atoms. The van der Waals surface area contributed by atoms with Gasteiger partial charge in [0.25, 0.3) is 0 Å². The molecule has 1 aromatic heterocycles. The summed E-state index contributed by atoms with van der Waals surface area (Å²) in [7, 11) is 3.20. The van der Waals surface area contributed by atoms with Crippen molar-refractivity contribution in [2.24, 2.45) is 0 Å². The lowest BCUT2D eigenvalue weighted by molar-refractivity contribution is -0.137. The Morgan fingerprint density at radius 2 is 1.69 bits per heavy atom. The highest BCUT2D eigenvalue weighted by Crippen LogP contribution is 2.31. The van der Waals surface area contributed by atoms with Crippen LogP contribution in [0.3, 0.4) is 0 Å². The molecule has 1 heterocycles. The van der Waals surface area contributed by atoms with Crippen molar-refractivity contribution in [2.75, 3.05) is 37.4 Å². The molecule has 0 aliphatic heterocycles. The van der Waals surface area contributed by atoms with Crippen LogP contribution in [-0.4, -0.2) is 65.3 Å². The van der Waals surface area contributed by atoms with Gasteiger partial charge in [-0.1, -0.05) is 36.4 Å². The van der Waals surface area contributed by atoms with E-state index in [9.17, 15) is 14.7 Å². The fourth-order valence-electron chi connectivity index (χ4n) is 3.70. The summed E-state index contributed by atoms with van der Waals surface area (Å²) in [5.74, 6) is 0.386. The van der Waals surface area contributed by atoms with Gasteiger partial charge in [-0.05, 0) is 49.6 Å². The number of hydrogen-bond acceptors (Lipinski definition) is 7. The van der Waals surface area contributed by atoms with Gasteiger partial charge in [-0.2, -0.15) is 4.98 Å². The molecule has 0 aliphatic carbocycles. The second-order valence-electron chi connectivity index (χ2n) is 8.57. The maximum absolute atomic E-state index is 12.3. The van der Waals surface area contributed by atoms with E-state index in [1.807, 2.05) is 49.9 Å². The average molecular weight is 492 g/mol. The fourth-order valence-corrected chi connectivity index (χ4v) is 3.70. The zero-order chi connectivity index (χ0) is 26.2. The van der Waals surface area contributed by atoms with Gasteiger partial charge in [-0.3, -0.25) is 0 Å². The zero-order valence-corrected chi connectivity index (χ0v) is 21.4. The Kier molecular flexibility index (Phi) is 8.83. The lowest BCUT2D eigenvalue weighted by Crippen LogP contribution is -2.33. The molecule has 0 fully saturated rings. The van der Waals surface area contributed by atoms with E-state index in [-0.39, 0.29) is 6.42 Å². The number of ether oxygens (including phenoxy) is 1. The average Bonchev–Trinajstić information content (AvgIpc) is 2.86. The van der Waals surface area contributed by atoms with Crippen LogP contribution in [0.25, 0.3) is 11.1 Å². The highest BCUT2D eigenvalue weighted by Gasteiger charge is 2.22. The van der Waals surface area contributed by atoms with Crippen molar-refractivity contribution in [3.8, 4) is 16.9 Å². The first-order chi connectivity index (χ1) is 17.2. The highest BCUT2D eigenvalue weighted by atomic mass is 16.6. The minimum Gasteiger partial charge on any atom is -0.480 e. The van der Waals surface area contributed by atoms with Crippen LogP contribution in [-0.2, 0) is 11.2 Å². The maximum Gasteiger partial charge on any atom is 0.414 e. The minimum atomic E-state index is -1.00. The Hall–Kier alpha value is -4.14. The number of aromatic nitrogens is 2. The predicted molar refractivity (Wildman–Crippen MR) is 141 cm³/mol. The number of anilines is 2. The van der Waals surface area contributed by atoms with Gasteiger partial charge in [0, 0.05) is 45.4 Å². The second-order valence-corrected chi connectivity index (χ2v) is 8.57. The number of aliphatic carboxylic acids is 1. The molecule has 0 unspecified atom stereocenters. The number of aryl methyl sites for hydroxylation is 1. The largest absolute Gasteiger partial charge is 0.480 e. The first kappa shape index (κ1) is 26.5. The zero-order valence-electron chi connectivity index (χ0n) is 21.4. The molecule has 0 spiro atoms. The second kappa shape index (κ2) is 12.0. The van der Waals surface area contributed by atoms with Crippen LogP contribution in [0.4, 0.5) is 16.6 Å². The van der Waals surface area contributed by atoms with Gasteiger partial charge in [-0.15, -0.1) is 0 Å². The van der Waals surface area contributed by atoms with Crippen LogP contribution in [0, 0.1) is 6.92 Å². The molecule has 190 valence electrons. The minimum absolute atomic E-state index is 0.203. The summed E-state index contributed by atoms with van der Waals surface area (Å²) in [5, 5.41) is 13.2. The Labute approximate surface area is 211 Å². The number of carbonyl (C=O) groups is 2. The van der Waals surface area contributed by atoms with Gasteiger partial charge in [0.1, 0.15) is 17.6 Å². The number of carboxylic acids is 1. The molecule has 3 rings (SSSR count). The molecule has 1 amide bonds. The molecule has 9 heteroatoms. The number of benzene rings is 2. The molecular weight excluding hydrogens is 458 g/mol. The van der Waals surface area contributed by atoms with Gasteiger partial charge >= 0.3 is 12.1 Å². The number of rotatable bonds is 10. The van der Waals surface area contributed by atoms with Crippen LogP contribution < -0.4 is 15.0 Å². The van der Waals surface area contributed by atoms with E-state index in [2.05, 4.69) is 10.3 Å². The summed E-state index contributed by atoms with van der Waals surface area (Å²) in [5.41, 5.74) is 3.48. The van der Waals surface area contributed by atoms with Gasteiger partial charge in [0.05, 0.1) is 0 Å². The summed E-state index contributed by atoms with van der Waals surface area (Å²) >= 11 is 0. The van der Waals surface area contributed by atoms with Gasteiger partial charge in [0.15, 0.2) is 0 Å². The van der Waals surface area contributed by atoms with Crippen molar-refractivity contribution >= 4 is 23.8 Å². The first-order valence-electron chi connectivity index (χ1n) is 11.9. The van der Waals surface area contributed by atoms with Gasteiger partial charge in [0.2, 0.25) is 5.95 Å². The molecule has 3 aromatic rings. The van der Waals surface area contributed by atoms with Crippen molar-refractivity contribution in [3.05, 3.63) is 65.9 Å². The molecular formula is C27H33N5O4. The smallest absolute Gasteiger partial charge is 0.414 e. The summed E-state index contributed by atoms with van der Waals surface area (Å²) in [6, 6.07) is 13.7. The molecule has 0 saturated carbocycles. The molecule has 9 nitrogen and oxygen atoms in total. The summed E-state index contributed by atoms with van der Waals surface area (Å²) < 4.78 is 5.25. The monoisotopic (exact) mass is 491 g/mol. The van der Waals surface area contributed by atoms with Crippen molar-refractivity contribution in [3.63, 3.8) is 0 Å². The standard InChI is InChI=1S/C27H33N5O4/c1-6-32(7-2)26-28-17-22(21-11-9-8-10-18(21)3)24(30-26)29-23(25(33)34)16-19-12-14-20(15-13-19)36-27(35)31(4)5/h8-15,17,23H,6-7,16H2,1-5H3,(H,33,34)(H,28,29,30)/t23-/m0/s1. The Morgan fingerprint density at radius 3 is 2.28 bits per heavy atom. The highest BCUT2D eigenvalue weighted by molar-refractivity contribution is 5.83. The number of carbonyl (C=O) groups excluding carboxylic acids is 1. The predicted octanol–water partition coefficient (Wildman–Crippen LogP) is 4.47. The van der Waals surface area contributed by atoms with Gasteiger partial charge in [-0.25, -0.2) is 14.6 Å². The van der Waals surface area contributed by atoms with E-state index >= 15 is 0 Å². The van der Waals surface area contributed by atoms with Crippen molar-refractivity contribution in [1.29, 1.82) is 0 Å². The number of nitrogens with zero attached hydrogens (tertiary/aromatic N) is 4. The SMILES string of the molecule is CCN(CC)c1ncc(-c2ccccc2C)c(N[C@@H](Cc2ccc(OC(=O)N(C)C)cc2)C(=O)O)n1. The van der Waals surface area contributed by atoms with Crippen molar-refractivity contribution < 1.29 is 19.4 Å². The van der Waals surface area contributed by atoms with E-state index < -0.39 is 18.1 Å². The van der Waals surface area contributed by atoms with E-state index in [1.165, 1.54) is 4.90 Å². The van der Waals surface area contributed by atoms with E-state index in [1.54, 1.807) is 44.6 Å². The summed E-state index contributed by atoms with van der Waals surface area (Å²) in [6.45, 7) is 7.50. The van der Waals surface area contributed by atoms with Crippen molar-refractivity contribution in [1.82, 2.24) is 14.9 Å². The molecule has 0 aliphatic rings. The third-order valence-corrected chi connectivity index (χ3v) is 5.80. The number of nitrogens with one attached hydrogen (secondary N) is 1. The van der Waals surface area contributed by atoms with Crippen LogP contribution in [0.5, 0.6) is 5.75 Å². The van der Waals surface area contributed by atoms with Crippen molar-refractivity contribution in [2.45, 2.75) is 33.2 Å². The number of amides is 1. The molecule has 0 saturated heterocycles. The Balaban J connectivity index is 1.91. The molecule has 2 aromatic carbocycles. The first-order valence-corrected chi connectivity index (χ1v) is 11.9. The Morgan fingerprint density at radius 1 is 1.03 bits per heavy atom. The van der Waals surface area contributed by atoms with Crippen LogP contribution >= 0.6 is 0 Å². The van der Waals surface area contributed by atoms with E-state index in [4.69, 9.17) is 9.72 Å². The number of hydrogen-bond donors (Lipinski definition) is 2. The van der Waals surface area contributed by atoms with Crippen LogP contribution in [0.1, 0.15) is 25.0 Å². The van der Waals surface area contributed by atoms with Crippen LogP contribution in [0.2, 0.25) is 0 Å². The molecule has 2 N–H and O–H groups in total. The number of carboxylic acid groups (broad SMARTS) is 1. The molecule has 0 radical (unpaired) electrons. The molecule has 36 heavy (non-hydrogen) atoms. The summed E-state index contributed by atoms with van der Waals surface area (Å²) in [6.07, 6.45) is 1.47.